The summed E-state index contributed by atoms with van der Waals surface area (Å²) in [7, 11) is -0.496. The van der Waals surface area contributed by atoms with Gasteiger partial charge in [-0.05, 0) is 67.9 Å². The summed E-state index contributed by atoms with van der Waals surface area (Å²) in [5.74, 6) is -1.62. The SMILES string of the molecule is CC(C)(OC(=O)COc1ccc([S+](c2ccccc2)c2ccccc2)cc1F)c1ccc(F)cc1. The molecule has 0 unspecified atom stereocenters. The highest BCUT2D eigenvalue weighted by molar-refractivity contribution is 7.97. The van der Waals surface area contributed by atoms with Crippen molar-refractivity contribution in [2.45, 2.75) is 34.1 Å². The number of hydrogen-bond donors (Lipinski definition) is 0. The van der Waals surface area contributed by atoms with Crippen LogP contribution in [-0.2, 0) is 26.0 Å². The highest BCUT2D eigenvalue weighted by atomic mass is 32.2. The fourth-order valence-electron chi connectivity index (χ4n) is 3.61. The van der Waals surface area contributed by atoms with E-state index in [4.69, 9.17) is 9.47 Å². The predicted octanol–water partition coefficient (Wildman–Crippen LogP) is 6.92. The van der Waals surface area contributed by atoms with Crippen molar-refractivity contribution < 1.29 is 23.0 Å². The molecule has 0 saturated heterocycles. The minimum Gasteiger partial charge on any atom is -0.479 e. The first-order valence-electron chi connectivity index (χ1n) is 11.1. The molecule has 0 saturated carbocycles. The van der Waals surface area contributed by atoms with Gasteiger partial charge in [0.2, 0.25) is 0 Å². The van der Waals surface area contributed by atoms with Crippen LogP contribution in [0.4, 0.5) is 8.78 Å². The molecule has 4 aromatic rings. The highest BCUT2D eigenvalue weighted by Gasteiger charge is 2.30. The number of carbonyl (C=O) groups is 1. The molecule has 0 amide bonds. The zero-order valence-electron chi connectivity index (χ0n) is 19.4. The van der Waals surface area contributed by atoms with Gasteiger partial charge in [-0.15, -0.1) is 0 Å². The molecule has 6 heteroatoms. The summed E-state index contributed by atoms with van der Waals surface area (Å²) in [6.45, 7) is 2.94. The number of benzene rings is 4. The average Bonchev–Trinajstić information content (AvgIpc) is 2.85. The Morgan fingerprint density at radius 3 is 1.89 bits per heavy atom. The van der Waals surface area contributed by atoms with E-state index in [2.05, 4.69) is 0 Å². The molecule has 0 bridgehead atoms. The molecule has 0 spiro atoms. The molecular weight excluding hydrogens is 466 g/mol. The van der Waals surface area contributed by atoms with E-state index in [1.807, 2.05) is 66.7 Å². The Kier molecular flexibility index (Phi) is 7.51. The van der Waals surface area contributed by atoms with Crippen LogP contribution >= 0.6 is 0 Å². The lowest BCUT2D eigenvalue weighted by molar-refractivity contribution is -0.159. The van der Waals surface area contributed by atoms with Gasteiger partial charge in [0, 0.05) is 6.07 Å². The standard InChI is InChI=1S/C29H25F2O3S/c1-29(2,21-13-15-22(30)16-14-21)34-28(32)20-33-27-18-17-25(19-26(27)31)35(23-9-5-3-6-10-23)24-11-7-4-8-12-24/h3-19H,20H2,1-2H3/q+1. The lowest BCUT2D eigenvalue weighted by Gasteiger charge is -2.25. The minimum absolute atomic E-state index is 0.0324. The highest BCUT2D eigenvalue weighted by Crippen LogP contribution is 2.33. The summed E-state index contributed by atoms with van der Waals surface area (Å²) in [6.07, 6.45) is 0. The third-order valence-electron chi connectivity index (χ3n) is 5.35. The Bertz CT molecular complexity index is 1240. The summed E-state index contributed by atoms with van der Waals surface area (Å²) >= 11 is 0. The van der Waals surface area contributed by atoms with Crippen LogP contribution in [0.2, 0.25) is 0 Å². The Labute approximate surface area is 206 Å². The van der Waals surface area contributed by atoms with Gasteiger partial charge in [0.1, 0.15) is 11.4 Å². The lowest BCUT2D eigenvalue weighted by atomic mass is 9.98. The Morgan fingerprint density at radius 1 is 0.771 bits per heavy atom. The third-order valence-corrected chi connectivity index (χ3v) is 7.56. The van der Waals surface area contributed by atoms with Crippen molar-refractivity contribution >= 4 is 16.9 Å². The molecule has 3 nitrogen and oxygen atoms in total. The van der Waals surface area contributed by atoms with Crippen LogP contribution in [-0.4, -0.2) is 12.6 Å². The van der Waals surface area contributed by atoms with Gasteiger partial charge >= 0.3 is 5.97 Å². The number of ether oxygens (including phenoxy) is 2. The molecular formula is C29H25F2O3S+. The van der Waals surface area contributed by atoms with Gasteiger partial charge in [0.05, 0.1) is 10.9 Å². The first-order valence-corrected chi connectivity index (χ1v) is 12.3. The van der Waals surface area contributed by atoms with Gasteiger partial charge in [0.15, 0.2) is 32.9 Å². The van der Waals surface area contributed by atoms with Gasteiger partial charge in [-0.2, -0.15) is 0 Å². The quantitative estimate of drug-likeness (QED) is 0.198. The monoisotopic (exact) mass is 491 g/mol. The number of hydrogen-bond acceptors (Lipinski definition) is 3. The van der Waals surface area contributed by atoms with Crippen LogP contribution < -0.4 is 4.74 Å². The average molecular weight is 492 g/mol. The van der Waals surface area contributed by atoms with Crippen molar-refractivity contribution in [3.05, 3.63) is 120 Å². The van der Waals surface area contributed by atoms with Crippen molar-refractivity contribution in [3.8, 4) is 5.75 Å². The fraction of sp³-hybridized carbons (Fsp3) is 0.138. The van der Waals surface area contributed by atoms with E-state index in [-0.39, 0.29) is 11.6 Å². The van der Waals surface area contributed by atoms with Crippen molar-refractivity contribution in [2.75, 3.05) is 6.61 Å². The van der Waals surface area contributed by atoms with Crippen LogP contribution in [0.25, 0.3) is 0 Å². The van der Waals surface area contributed by atoms with Crippen molar-refractivity contribution in [2.24, 2.45) is 0 Å². The predicted molar refractivity (Wildman–Crippen MR) is 132 cm³/mol. The zero-order chi connectivity index (χ0) is 24.8. The maximum Gasteiger partial charge on any atom is 0.345 e. The third kappa shape index (κ3) is 6.08. The molecule has 0 atom stereocenters. The van der Waals surface area contributed by atoms with Crippen LogP contribution in [0, 0.1) is 11.6 Å². The Balaban J connectivity index is 1.48. The topological polar surface area (TPSA) is 35.5 Å². The molecule has 0 aliphatic heterocycles. The van der Waals surface area contributed by atoms with Crippen molar-refractivity contribution in [1.29, 1.82) is 0 Å². The number of carbonyl (C=O) groups excluding carboxylic acids is 1. The molecule has 4 aromatic carbocycles. The van der Waals surface area contributed by atoms with Crippen LogP contribution in [0.3, 0.4) is 0 Å². The molecule has 0 fully saturated rings. The van der Waals surface area contributed by atoms with Crippen LogP contribution in [0.15, 0.2) is 118 Å². The summed E-state index contributed by atoms with van der Waals surface area (Å²) in [4.78, 5) is 15.3. The molecule has 0 aromatic heterocycles. The van der Waals surface area contributed by atoms with Gasteiger partial charge in [-0.3, -0.25) is 0 Å². The maximum absolute atomic E-state index is 15.0. The number of rotatable bonds is 8. The second-order valence-electron chi connectivity index (χ2n) is 8.30. The van der Waals surface area contributed by atoms with Gasteiger partial charge in [0.25, 0.3) is 0 Å². The van der Waals surface area contributed by atoms with Crippen molar-refractivity contribution in [3.63, 3.8) is 0 Å². The van der Waals surface area contributed by atoms with E-state index in [1.165, 1.54) is 24.3 Å². The molecule has 0 N–H and O–H groups in total. The van der Waals surface area contributed by atoms with Gasteiger partial charge < -0.3 is 9.47 Å². The van der Waals surface area contributed by atoms with E-state index in [1.54, 1.807) is 26.0 Å². The zero-order valence-corrected chi connectivity index (χ0v) is 20.2. The van der Waals surface area contributed by atoms with Crippen LogP contribution in [0.5, 0.6) is 5.75 Å². The largest absolute Gasteiger partial charge is 0.479 e. The summed E-state index contributed by atoms with van der Waals surface area (Å²) in [6, 6.07) is 30.4. The smallest absolute Gasteiger partial charge is 0.345 e. The van der Waals surface area contributed by atoms with E-state index in [9.17, 15) is 9.18 Å². The normalized spacial score (nSPS) is 11.3. The fourth-order valence-corrected chi connectivity index (χ4v) is 5.71. The van der Waals surface area contributed by atoms with Gasteiger partial charge in [-0.25, -0.2) is 13.6 Å². The van der Waals surface area contributed by atoms with E-state index in [0.717, 1.165) is 14.7 Å². The lowest BCUT2D eigenvalue weighted by Crippen LogP contribution is -2.28. The Hall–Kier alpha value is -3.64. The van der Waals surface area contributed by atoms with Crippen molar-refractivity contribution in [1.82, 2.24) is 0 Å². The minimum atomic E-state index is -0.990. The summed E-state index contributed by atoms with van der Waals surface area (Å²) in [5, 5.41) is 0. The molecule has 0 aliphatic rings. The molecule has 0 aliphatic carbocycles. The van der Waals surface area contributed by atoms with E-state index in [0.29, 0.717) is 5.56 Å². The van der Waals surface area contributed by atoms with E-state index >= 15 is 4.39 Å². The molecule has 0 radical (unpaired) electrons. The molecule has 35 heavy (non-hydrogen) atoms. The van der Waals surface area contributed by atoms with Gasteiger partial charge in [-0.1, -0.05) is 48.5 Å². The van der Waals surface area contributed by atoms with Crippen LogP contribution in [0.1, 0.15) is 19.4 Å². The summed E-state index contributed by atoms with van der Waals surface area (Å²) < 4.78 is 39.2. The second-order valence-corrected chi connectivity index (χ2v) is 10.3. The number of halogens is 2. The molecule has 4 rings (SSSR count). The number of esters is 1. The van der Waals surface area contributed by atoms with E-state index < -0.39 is 34.9 Å². The molecule has 178 valence electrons. The maximum atomic E-state index is 15.0. The Morgan fingerprint density at radius 2 is 1.34 bits per heavy atom. The summed E-state index contributed by atoms with van der Waals surface area (Å²) in [5.41, 5.74) is -0.354. The molecule has 0 heterocycles. The first kappa shape index (κ1) is 24.5. The second kappa shape index (κ2) is 10.7. The first-order chi connectivity index (χ1) is 16.8.